The molecule has 0 bridgehead atoms. The van der Waals surface area contributed by atoms with Crippen LogP contribution in [0.15, 0.2) is 36.7 Å². The van der Waals surface area contributed by atoms with Crippen molar-refractivity contribution >= 4 is 11.6 Å². The minimum atomic E-state index is -0.446. The van der Waals surface area contributed by atoms with Crippen LogP contribution in [0.4, 0.5) is 16.0 Å². The van der Waals surface area contributed by atoms with Crippen LogP contribution in [-0.4, -0.2) is 22.8 Å². The molecule has 3 rings (SSSR count). The van der Waals surface area contributed by atoms with E-state index in [0.717, 1.165) is 50.4 Å². The quantitative estimate of drug-likeness (QED) is 0.887. The minimum Gasteiger partial charge on any atom is -0.364 e. The molecule has 2 aromatic rings. The highest BCUT2D eigenvalue weighted by Gasteiger charge is 2.19. The van der Waals surface area contributed by atoms with E-state index in [1.165, 1.54) is 5.56 Å². The molecule has 0 amide bonds. The average Bonchev–Trinajstić information content (AvgIpc) is 2.56. The third-order valence-corrected chi connectivity index (χ3v) is 4.10. The van der Waals surface area contributed by atoms with Gasteiger partial charge in [-0.15, -0.1) is 0 Å². The van der Waals surface area contributed by atoms with Crippen molar-refractivity contribution in [3.63, 3.8) is 0 Å². The van der Waals surface area contributed by atoms with Gasteiger partial charge in [0, 0.05) is 12.3 Å². The van der Waals surface area contributed by atoms with Crippen LogP contribution >= 0.6 is 0 Å². The Labute approximate surface area is 135 Å². The van der Waals surface area contributed by atoms with E-state index in [1.807, 2.05) is 12.1 Å². The molecule has 0 saturated carbocycles. The van der Waals surface area contributed by atoms with Gasteiger partial charge in [-0.3, -0.25) is 0 Å². The topological polar surface area (TPSA) is 73.1 Å². The van der Waals surface area contributed by atoms with Gasteiger partial charge in [0.1, 0.15) is 6.23 Å². The lowest BCUT2D eigenvalue weighted by atomic mass is 9.92. The predicted molar refractivity (Wildman–Crippen MR) is 86.7 cm³/mol. The van der Waals surface area contributed by atoms with Gasteiger partial charge in [0.15, 0.2) is 5.82 Å². The highest BCUT2D eigenvalue weighted by Crippen LogP contribution is 2.23. The SMILES string of the molecule is N[C@@H]1CC(CCc2ccc(Nc3ncc(F)cn3)cc2)CCO1. The normalized spacial score (nSPS) is 21.1. The van der Waals surface area contributed by atoms with E-state index in [-0.39, 0.29) is 6.23 Å². The van der Waals surface area contributed by atoms with Gasteiger partial charge in [-0.25, -0.2) is 14.4 Å². The molecule has 2 atom stereocenters. The maximum absolute atomic E-state index is 12.8. The van der Waals surface area contributed by atoms with E-state index in [4.69, 9.17) is 10.5 Å². The van der Waals surface area contributed by atoms with Gasteiger partial charge >= 0.3 is 0 Å². The number of nitrogens with zero attached hydrogens (tertiary/aromatic N) is 2. The van der Waals surface area contributed by atoms with E-state index in [9.17, 15) is 4.39 Å². The summed E-state index contributed by atoms with van der Waals surface area (Å²) in [5.41, 5.74) is 8.00. The number of halogens is 1. The van der Waals surface area contributed by atoms with Gasteiger partial charge in [-0.1, -0.05) is 12.1 Å². The van der Waals surface area contributed by atoms with Gasteiger partial charge in [-0.2, -0.15) is 0 Å². The molecular weight excluding hydrogens is 295 g/mol. The van der Waals surface area contributed by atoms with Gasteiger partial charge < -0.3 is 15.8 Å². The molecule has 0 aliphatic carbocycles. The predicted octanol–water partition coefficient (Wildman–Crippen LogP) is 3.00. The lowest BCUT2D eigenvalue weighted by molar-refractivity contribution is -0.00624. The first-order valence-electron chi connectivity index (χ1n) is 7.90. The minimum absolute atomic E-state index is 0.101. The molecule has 122 valence electrons. The Morgan fingerprint density at radius 2 is 1.96 bits per heavy atom. The van der Waals surface area contributed by atoms with Gasteiger partial charge in [0.05, 0.1) is 12.4 Å². The summed E-state index contributed by atoms with van der Waals surface area (Å²) in [5.74, 6) is 0.582. The summed E-state index contributed by atoms with van der Waals surface area (Å²) in [6.07, 6.45) is 6.38. The Morgan fingerprint density at radius 3 is 2.65 bits per heavy atom. The monoisotopic (exact) mass is 316 g/mol. The molecule has 1 aromatic heterocycles. The fraction of sp³-hybridized carbons (Fsp3) is 0.412. The number of nitrogens with two attached hydrogens (primary N) is 1. The van der Waals surface area contributed by atoms with Gasteiger partial charge in [-0.05, 0) is 49.3 Å². The summed E-state index contributed by atoms with van der Waals surface area (Å²) in [5, 5.41) is 3.05. The summed E-state index contributed by atoms with van der Waals surface area (Å²) < 4.78 is 18.1. The number of ether oxygens (including phenoxy) is 1. The lowest BCUT2D eigenvalue weighted by Gasteiger charge is -2.26. The molecule has 1 unspecified atom stereocenters. The fourth-order valence-corrected chi connectivity index (χ4v) is 2.79. The first-order valence-corrected chi connectivity index (χ1v) is 7.90. The van der Waals surface area contributed by atoms with Crippen molar-refractivity contribution < 1.29 is 9.13 Å². The molecule has 1 aliphatic heterocycles. The molecule has 1 fully saturated rings. The van der Waals surface area contributed by atoms with Crippen molar-refractivity contribution in [2.24, 2.45) is 11.7 Å². The summed E-state index contributed by atoms with van der Waals surface area (Å²) in [4.78, 5) is 7.76. The van der Waals surface area contributed by atoms with Crippen LogP contribution in [0.2, 0.25) is 0 Å². The van der Waals surface area contributed by atoms with Crippen LogP contribution in [0.3, 0.4) is 0 Å². The number of hydrogen-bond acceptors (Lipinski definition) is 5. The molecule has 2 heterocycles. The Bertz CT molecular complexity index is 617. The zero-order chi connectivity index (χ0) is 16.1. The zero-order valence-corrected chi connectivity index (χ0v) is 12.9. The van der Waals surface area contributed by atoms with Crippen molar-refractivity contribution in [2.45, 2.75) is 31.9 Å². The third-order valence-electron chi connectivity index (χ3n) is 4.10. The first-order chi connectivity index (χ1) is 11.2. The Morgan fingerprint density at radius 1 is 1.22 bits per heavy atom. The number of anilines is 2. The summed E-state index contributed by atoms with van der Waals surface area (Å²) in [6.45, 7) is 0.770. The maximum atomic E-state index is 12.8. The van der Waals surface area contributed by atoms with Crippen LogP contribution < -0.4 is 11.1 Å². The number of nitrogens with one attached hydrogen (secondary N) is 1. The first kappa shape index (κ1) is 15.8. The highest BCUT2D eigenvalue weighted by atomic mass is 19.1. The molecule has 1 saturated heterocycles. The molecule has 0 radical (unpaired) electrons. The van der Waals surface area contributed by atoms with Crippen molar-refractivity contribution in [2.75, 3.05) is 11.9 Å². The summed E-state index contributed by atoms with van der Waals surface area (Å²) >= 11 is 0. The molecular formula is C17H21FN4O. The largest absolute Gasteiger partial charge is 0.364 e. The number of hydrogen-bond donors (Lipinski definition) is 2. The molecule has 3 N–H and O–H groups in total. The zero-order valence-electron chi connectivity index (χ0n) is 12.9. The Balaban J connectivity index is 1.51. The molecule has 1 aliphatic rings. The van der Waals surface area contributed by atoms with E-state index in [1.54, 1.807) is 0 Å². The molecule has 0 spiro atoms. The van der Waals surface area contributed by atoms with Gasteiger partial charge in [0.2, 0.25) is 5.95 Å². The Hall–Kier alpha value is -2.05. The second-order valence-corrected chi connectivity index (χ2v) is 5.89. The van der Waals surface area contributed by atoms with Crippen molar-refractivity contribution in [1.29, 1.82) is 0 Å². The highest BCUT2D eigenvalue weighted by molar-refractivity contribution is 5.53. The van der Waals surface area contributed by atoms with Crippen molar-refractivity contribution in [1.82, 2.24) is 9.97 Å². The van der Waals surface area contributed by atoms with E-state index in [2.05, 4.69) is 27.4 Å². The van der Waals surface area contributed by atoms with Crippen LogP contribution in [0, 0.1) is 11.7 Å². The average molecular weight is 316 g/mol. The second kappa shape index (κ2) is 7.48. The fourth-order valence-electron chi connectivity index (χ4n) is 2.79. The molecule has 23 heavy (non-hydrogen) atoms. The second-order valence-electron chi connectivity index (χ2n) is 5.89. The summed E-state index contributed by atoms with van der Waals surface area (Å²) in [7, 11) is 0. The van der Waals surface area contributed by atoms with E-state index in [0.29, 0.717) is 11.9 Å². The molecule has 5 nitrogen and oxygen atoms in total. The maximum Gasteiger partial charge on any atom is 0.227 e. The van der Waals surface area contributed by atoms with E-state index >= 15 is 0 Å². The summed E-state index contributed by atoms with van der Waals surface area (Å²) in [6, 6.07) is 8.14. The Kier molecular flexibility index (Phi) is 5.15. The number of benzene rings is 1. The molecule has 1 aromatic carbocycles. The molecule has 6 heteroatoms. The van der Waals surface area contributed by atoms with Crippen LogP contribution in [0.1, 0.15) is 24.8 Å². The third kappa shape index (κ3) is 4.71. The van der Waals surface area contributed by atoms with Crippen LogP contribution in [-0.2, 0) is 11.2 Å². The lowest BCUT2D eigenvalue weighted by Crippen LogP contribution is -2.32. The van der Waals surface area contributed by atoms with Crippen molar-refractivity contribution in [3.05, 3.63) is 48.0 Å². The van der Waals surface area contributed by atoms with Crippen LogP contribution in [0.25, 0.3) is 0 Å². The number of aryl methyl sites for hydroxylation is 1. The van der Waals surface area contributed by atoms with Crippen molar-refractivity contribution in [3.8, 4) is 0 Å². The smallest absolute Gasteiger partial charge is 0.227 e. The van der Waals surface area contributed by atoms with E-state index < -0.39 is 5.82 Å². The standard InChI is InChI=1S/C17H21FN4O/c18-14-10-20-17(21-11-14)22-15-5-3-12(4-6-15)1-2-13-7-8-23-16(19)9-13/h3-6,10-11,13,16H,1-2,7-9,19H2,(H,20,21,22)/t13?,16-/m0/s1. The number of rotatable bonds is 5. The number of aromatic nitrogens is 2. The van der Waals surface area contributed by atoms with Gasteiger partial charge in [0.25, 0.3) is 0 Å². The van der Waals surface area contributed by atoms with Crippen LogP contribution in [0.5, 0.6) is 0 Å².